The Morgan fingerprint density at radius 3 is 1.47 bits per heavy atom. The second-order valence-corrected chi connectivity index (χ2v) is 5.67. The van der Waals surface area contributed by atoms with Gasteiger partial charge in [-0.25, -0.2) is 0 Å². The summed E-state index contributed by atoms with van der Waals surface area (Å²) in [6.07, 6.45) is 0. The van der Waals surface area contributed by atoms with Crippen molar-refractivity contribution in [3.05, 3.63) is 75.4 Å². The average Bonchev–Trinajstić information content (AvgIpc) is 2.79. The molecule has 0 amide bonds. The van der Waals surface area contributed by atoms with E-state index in [1.807, 2.05) is 30.3 Å². The standard InChI is InChI=1S/C7H7.2C4H8N2O2.C4H9NO.Co/c1-7-5-3-2-4-6-7;2*1-3(5-7)4(2)6-8;1-3-6-4-2-5-1;/h2-6H,1H2;2*5,7H,1-2H3;5H,1-4H2;/q-1;;;;+2. The number of nitroso groups, excluding NO2 is 2. The third-order valence-electron chi connectivity index (χ3n) is 3.38. The monoisotopic (exact) mass is 469 g/mol. The van der Waals surface area contributed by atoms with E-state index in [1.54, 1.807) is 24.8 Å². The van der Waals surface area contributed by atoms with Crippen molar-refractivity contribution in [2.75, 3.05) is 26.3 Å². The third kappa shape index (κ3) is 20.5. The number of nitrogens with one attached hydrogen (secondary N) is 3. The van der Waals surface area contributed by atoms with Crippen molar-refractivity contribution in [1.82, 2.24) is 16.3 Å². The van der Waals surface area contributed by atoms with Gasteiger partial charge in [0.1, 0.15) is 11.4 Å². The molecule has 0 saturated carbocycles. The fourth-order valence-electron chi connectivity index (χ4n) is 1.29. The Morgan fingerprint density at radius 1 is 0.933 bits per heavy atom. The molecule has 10 nitrogen and oxygen atoms in total. The van der Waals surface area contributed by atoms with E-state index in [2.05, 4.69) is 22.6 Å². The van der Waals surface area contributed by atoms with Crippen LogP contribution in [0.15, 0.2) is 63.5 Å². The quantitative estimate of drug-likeness (QED) is 0.256. The molecule has 1 heterocycles. The van der Waals surface area contributed by atoms with Gasteiger partial charge in [-0.3, -0.25) is 21.4 Å². The van der Waals surface area contributed by atoms with Crippen LogP contribution in [0.3, 0.4) is 0 Å². The molecule has 1 aliphatic rings. The van der Waals surface area contributed by atoms with Gasteiger partial charge in [0.15, 0.2) is 0 Å². The summed E-state index contributed by atoms with van der Waals surface area (Å²) in [7, 11) is 0. The molecule has 0 unspecified atom stereocenters. The summed E-state index contributed by atoms with van der Waals surface area (Å²) in [5.41, 5.74) is 5.94. The van der Waals surface area contributed by atoms with Crippen LogP contribution in [0.2, 0.25) is 0 Å². The van der Waals surface area contributed by atoms with Gasteiger partial charge >= 0.3 is 16.8 Å². The smallest absolute Gasteiger partial charge is 0.379 e. The molecule has 171 valence electrons. The van der Waals surface area contributed by atoms with E-state index in [0.717, 1.165) is 31.9 Å². The molecule has 11 heteroatoms. The maximum atomic E-state index is 9.65. The molecule has 0 atom stereocenters. The van der Waals surface area contributed by atoms with Crippen molar-refractivity contribution in [1.29, 1.82) is 0 Å². The second-order valence-electron chi connectivity index (χ2n) is 5.67. The molecule has 1 saturated heterocycles. The van der Waals surface area contributed by atoms with Crippen LogP contribution in [0.4, 0.5) is 0 Å². The maximum Gasteiger partial charge on any atom is 2.00 e. The molecule has 5 N–H and O–H groups in total. The number of ether oxygens (including phenoxy) is 1. The minimum atomic E-state index is 0. The van der Waals surface area contributed by atoms with E-state index in [-0.39, 0.29) is 28.2 Å². The number of hydrogen-bond donors (Lipinski definition) is 5. The van der Waals surface area contributed by atoms with E-state index in [1.165, 1.54) is 13.8 Å². The molecule has 30 heavy (non-hydrogen) atoms. The van der Waals surface area contributed by atoms with Gasteiger partial charge in [0, 0.05) is 13.1 Å². The van der Waals surface area contributed by atoms with Gasteiger partial charge in [-0.1, -0.05) is 6.07 Å². The number of hydroxylamine groups is 2. The Labute approximate surface area is 188 Å². The normalized spacial score (nSPS) is 13.4. The summed E-state index contributed by atoms with van der Waals surface area (Å²) in [5.74, 6) is 0. The Balaban J connectivity index is -0.000000321. The zero-order valence-corrected chi connectivity index (χ0v) is 18.8. The summed E-state index contributed by atoms with van der Waals surface area (Å²) in [6, 6.07) is 9.87. The first-order valence-electron chi connectivity index (χ1n) is 8.81. The molecule has 0 bridgehead atoms. The van der Waals surface area contributed by atoms with Crippen LogP contribution in [-0.2, 0) is 21.5 Å². The molecule has 2 rings (SSSR count). The predicted octanol–water partition coefficient (Wildman–Crippen LogP) is 3.44. The molecule has 1 aromatic rings. The van der Waals surface area contributed by atoms with E-state index in [0.29, 0.717) is 11.4 Å². The van der Waals surface area contributed by atoms with E-state index in [4.69, 9.17) is 15.2 Å². The summed E-state index contributed by atoms with van der Waals surface area (Å²) in [6.45, 7) is 13.7. The second kappa shape index (κ2) is 23.0. The predicted molar refractivity (Wildman–Crippen MR) is 113 cm³/mol. The molecule has 1 aliphatic heterocycles. The minimum Gasteiger partial charge on any atom is -0.379 e. The first-order chi connectivity index (χ1) is 13.8. The minimum absolute atomic E-state index is 0. The van der Waals surface area contributed by atoms with Gasteiger partial charge in [-0.2, -0.15) is 24.6 Å². The van der Waals surface area contributed by atoms with Crippen molar-refractivity contribution in [2.45, 2.75) is 27.7 Å². The SMILES string of the molecule is C1COCCN1.CC(N=O)=C(C)NO.CC(N=O)=C(C)NO.[CH2-]c1ccccc1.[Co+2]. The Hall–Kier alpha value is -2.28. The first-order valence-corrected chi connectivity index (χ1v) is 8.81. The van der Waals surface area contributed by atoms with Gasteiger partial charge in [-0.15, -0.1) is 21.9 Å². The largest absolute Gasteiger partial charge is 2.00 e. The molecule has 1 fully saturated rings. The maximum absolute atomic E-state index is 9.65. The van der Waals surface area contributed by atoms with Crippen LogP contribution in [0.1, 0.15) is 33.3 Å². The van der Waals surface area contributed by atoms with Crippen molar-refractivity contribution >= 4 is 0 Å². The number of hydrogen-bond acceptors (Lipinski definition) is 10. The van der Waals surface area contributed by atoms with Crippen LogP contribution in [0.5, 0.6) is 0 Å². The van der Waals surface area contributed by atoms with Crippen molar-refractivity contribution in [3.8, 4) is 0 Å². The van der Waals surface area contributed by atoms with E-state index < -0.39 is 0 Å². The van der Waals surface area contributed by atoms with Gasteiger partial charge in [-0.05, 0) is 38.0 Å². The first kappa shape index (κ1) is 32.4. The van der Waals surface area contributed by atoms with Crippen LogP contribution < -0.4 is 16.3 Å². The van der Waals surface area contributed by atoms with Gasteiger partial charge in [0.25, 0.3) is 0 Å². The van der Waals surface area contributed by atoms with Crippen LogP contribution in [-0.4, -0.2) is 36.7 Å². The molecular formula is C19H32CoN5O5+. The third-order valence-corrected chi connectivity index (χ3v) is 3.38. The number of rotatable bonds is 4. The molecule has 0 spiro atoms. The summed E-state index contributed by atoms with van der Waals surface area (Å²) >= 11 is 0. The Bertz CT molecular complexity index is 581. The Morgan fingerprint density at radius 2 is 1.33 bits per heavy atom. The number of benzene rings is 1. The zero-order valence-electron chi connectivity index (χ0n) is 17.8. The number of allylic oxidation sites excluding steroid dienone is 4. The Kier molecular flexibility index (Phi) is 24.8. The fourth-order valence-corrected chi connectivity index (χ4v) is 1.29. The van der Waals surface area contributed by atoms with E-state index >= 15 is 0 Å². The molecular weight excluding hydrogens is 437 g/mol. The molecule has 0 aliphatic carbocycles. The van der Waals surface area contributed by atoms with Crippen molar-refractivity contribution in [3.63, 3.8) is 0 Å². The van der Waals surface area contributed by atoms with E-state index in [9.17, 15) is 9.81 Å². The number of morpholine rings is 1. The summed E-state index contributed by atoms with van der Waals surface area (Å²) in [5, 5.41) is 24.6. The molecule has 1 radical (unpaired) electrons. The average molecular weight is 469 g/mol. The zero-order chi connectivity index (χ0) is 22.5. The van der Waals surface area contributed by atoms with Gasteiger partial charge < -0.3 is 10.1 Å². The van der Waals surface area contributed by atoms with Gasteiger partial charge in [0.05, 0.1) is 24.6 Å². The molecule has 0 aromatic heterocycles. The topological polar surface area (TPSA) is 145 Å². The number of nitrogens with zero attached hydrogens (tertiary/aromatic N) is 2. The fraction of sp³-hybridized carbons (Fsp3) is 0.421. The molecule has 1 aromatic carbocycles. The van der Waals surface area contributed by atoms with Gasteiger partial charge in [0.2, 0.25) is 0 Å². The van der Waals surface area contributed by atoms with Crippen LogP contribution in [0, 0.1) is 16.7 Å². The summed E-state index contributed by atoms with van der Waals surface area (Å²) in [4.78, 5) is 19.3. The van der Waals surface area contributed by atoms with Crippen LogP contribution in [0.25, 0.3) is 0 Å². The summed E-state index contributed by atoms with van der Waals surface area (Å²) < 4.78 is 5.01. The van der Waals surface area contributed by atoms with Crippen molar-refractivity contribution < 1.29 is 31.9 Å². The van der Waals surface area contributed by atoms with Crippen LogP contribution >= 0.6 is 0 Å². The van der Waals surface area contributed by atoms with Crippen molar-refractivity contribution in [2.24, 2.45) is 10.4 Å².